The fraction of sp³-hybridized carbons (Fsp3) is 0.375. The molecule has 7 heterocycles. The van der Waals surface area contributed by atoms with E-state index in [0.29, 0.717) is 35.3 Å². The maximum atomic E-state index is 13.1. The van der Waals surface area contributed by atoms with Crippen LogP contribution in [0.15, 0.2) is 73.1 Å². The van der Waals surface area contributed by atoms with Crippen molar-refractivity contribution in [2.75, 3.05) is 45.9 Å². The van der Waals surface area contributed by atoms with Crippen LogP contribution in [0.2, 0.25) is 0 Å². The van der Waals surface area contributed by atoms with Gasteiger partial charge in [0, 0.05) is 75.1 Å². The third-order valence-electron chi connectivity index (χ3n) is 11.5. The summed E-state index contributed by atoms with van der Waals surface area (Å²) in [6.45, 7) is 6.68. The number of para-hydroxylation sites is 2. The number of hydrogen-bond donors (Lipinski definition) is 1. The molecule has 4 aliphatic heterocycles. The number of benzene rings is 2. The molecule has 54 heavy (non-hydrogen) atoms. The maximum absolute atomic E-state index is 13.1. The second-order valence-corrected chi connectivity index (χ2v) is 15.4. The fourth-order valence-corrected chi connectivity index (χ4v) is 8.89. The molecule has 1 unspecified atom stereocenters. The molecule has 1 N–H and O–H groups in total. The molecule has 1 saturated carbocycles. The van der Waals surface area contributed by atoms with Gasteiger partial charge in [-0.2, -0.15) is 0 Å². The quantitative estimate of drug-likeness (QED) is 0.211. The molecule has 3 saturated heterocycles. The van der Waals surface area contributed by atoms with Crippen LogP contribution in [0.3, 0.4) is 0 Å². The van der Waals surface area contributed by atoms with Gasteiger partial charge in [0.15, 0.2) is 0 Å². The Kier molecular flexibility index (Phi) is 7.73. The molecule has 10 rings (SSSR count). The van der Waals surface area contributed by atoms with Crippen LogP contribution in [0.25, 0.3) is 28.1 Å². The summed E-state index contributed by atoms with van der Waals surface area (Å²) < 4.78 is 14.2. The van der Waals surface area contributed by atoms with E-state index in [-0.39, 0.29) is 30.1 Å². The van der Waals surface area contributed by atoms with Gasteiger partial charge in [-0.25, -0.2) is 15.0 Å². The zero-order valence-electron chi connectivity index (χ0n) is 29.5. The normalized spacial score (nSPS) is 23.6. The lowest BCUT2D eigenvalue weighted by Gasteiger charge is -2.61. The summed E-state index contributed by atoms with van der Waals surface area (Å²) >= 11 is 0. The van der Waals surface area contributed by atoms with Crippen molar-refractivity contribution in [1.82, 2.24) is 39.4 Å². The summed E-state index contributed by atoms with van der Waals surface area (Å²) in [5.41, 5.74) is 4.55. The van der Waals surface area contributed by atoms with Gasteiger partial charge < -0.3 is 14.4 Å². The first kappa shape index (κ1) is 32.9. The summed E-state index contributed by atoms with van der Waals surface area (Å²) in [4.78, 5) is 69.8. The molecule has 4 fully saturated rings. The predicted molar refractivity (Wildman–Crippen MR) is 195 cm³/mol. The highest BCUT2D eigenvalue weighted by atomic mass is 16.5. The summed E-state index contributed by atoms with van der Waals surface area (Å²) in [7, 11) is 0. The first-order valence-corrected chi connectivity index (χ1v) is 18.6. The lowest BCUT2D eigenvalue weighted by molar-refractivity contribution is -0.136. The van der Waals surface area contributed by atoms with Crippen LogP contribution in [-0.4, -0.2) is 116 Å². The van der Waals surface area contributed by atoms with Crippen molar-refractivity contribution >= 4 is 40.4 Å². The summed E-state index contributed by atoms with van der Waals surface area (Å²) in [6, 6.07) is 17.8. The minimum absolute atomic E-state index is 0.0868. The number of pyridine rings is 1. The van der Waals surface area contributed by atoms with Crippen molar-refractivity contribution in [3.8, 4) is 22.9 Å². The average Bonchev–Trinajstić information content (AvgIpc) is 3.62. The number of carbonyl (C=O) groups is 4. The van der Waals surface area contributed by atoms with E-state index < -0.39 is 29.7 Å². The zero-order valence-corrected chi connectivity index (χ0v) is 29.5. The van der Waals surface area contributed by atoms with Crippen molar-refractivity contribution in [3.63, 3.8) is 0 Å². The standard InChI is InChI=1S/C40H38N8O6/c49-34-9-8-33(36(50)44-34)48-37(51)28-7-6-26(17-29(28)38(48)52)53-14-13-45-20-40(21-45)22-46(23-40)19-24-15-27(16-24)54-35-10-5-25(18-41-35)30-11-12-47-32-4-2-1-3-31(32)43-39(47)42-30/h1-7,10-12,17-18,24,27,33H,8-9,13-16,19-23H2,(H,44,49,50)/t24-,27-,33?. The van der Waals surface area contributed by atoms with E-state index in [0.717, 1.165) is 79.3 Å². The lowest BCUT2D eigenvalue weighted by atomic mass is 9.71. The summed E-state index contributed by atoms with van der Waals surface area (Å²) in [5.74, 6) is 0.394. The number of rotatable bonds is 10. The molecule has 14 nitrogen and oxygen atoms in total. The number of hydrogen-bond acceptors (Lipinski definition) is 11. The first-order chi connectivity index (χ1) is 26.3. The van der Waals surface area contributed by atoms with Crippen molar-refractivity contribution in [3.05, 3.63) is 84.2 Å². The highest BCUT2D eigenvalue weighted by Gasteiger charge is 2.52. The molecule has 4 amide bonds. The molecule has 2 aromatic carbocycles. The molecular weight excluding hydrogens is 688 g/mol. The highest BCUT2D eigenvalue weighted by molar-refractivity contribution is 6.23. The molecule has 14 heteroatoms. The van der Waals surface area contributed by atoms with Crippen molar-refractivity contribution in [2.24, 2.45) is 11.3 Å². The Hall–Kier alpha value is -5.73. The molecule has 3 aromatic heterocycles. The van der Waals surface area contributed by atoms with E-state index in [2.05, 4.69) is 25.1 Å². The Morgan fingerprint density at radius 1 is 0.870 bits per heavy atom. The number of imidazole rings is 1. The van der Waals surface area contributed by atoms with Crippen LogP contribution in [-0.2, 0) is 9.59 Å². The highest BCUT2D eigenvalue weighted by Crippen LogP contribution is 2.42. The van der Waals surface area contributed by atoms with Crippen molar-refractivity contribution in [1.29, 1.82) is 0 Å². The van der Waals surface area contributed by atoms with Gasteiger partial charge in [-0.1, -0.05) is 12.1 Å². The molecule has 0 bridgehead atoms. The number of amides is 4. The van der Waals surface area contributed by atoms with Gasteiger partial charge in [-0.05, 0) is 67.6 Å². The number of nitrogens with one attached hydrogen (secondary N) is 1. The Morgan fingerprint density at radius 3 is 2.50 bits per heavy atom. The maximum Gasteiger partial charge on any atom is 0.262 e. The van der Waals surface area contributed by atoms with E-state index in [1.54, 1.807) is 18.2 Å². The minimum Gasteiger partial charge on any atom is -0.492 e. The summed E-state index contributed by atoms with van der Waals surface area (Å²) in [5, 5.41) is 2.22. The SMILES string of the molecule is O=C1CCC(N2C(=O)c3ccc(OCCN4CC5(C4)CN(C[C@H]4C[C@H](Oc6ccc(-c7ccn8c(n7)nc7ccccc78)cn6)C4)C5)cc3C2=O)C(=O)N1. The fourth-order valence-electron chi connectivity index (χ4n) is 8.89. The number of carbonyl (C=O) groups excluding carboxylic acids is 4. The van der Waals surface area contributed by atoms with Gasteiger partial charge in [0.25, 0.3) is 11.8 Å². The van der Waals surface area contributed by atoms with Gasteiger partial charge >= 0.3 is 0 Å². The van der Waals surface area contributed by atoms with Crippen molar-refractivity contribution < 1.29 is 28.7 Å². The van der Waals surface area contributed by atoms with Crippen LogP contribution >= 0.6 is 0 Å². The number of aromatic nitrogens is 4. The summed E-state index contributed by atoms with van der Waals surface area (Å²) in [6.07, 6.45) is 6.31. The second-order valence-electron chi connectivity index (χ2n) is 15.4. The van der Waals surface area contributed by atoms with Crippen molar-refractivity contribution in [2.45, 2.75) is 37.8 Å². The second kappa shape index (κ2) is 12.7. The minimum atomic E-state index is -0.982. The van der Waals surface area contributed by atoms with Crippen LogP contribution in [0.4, 0.5) is 0 Å². The molecule has 274 valence electrons. The van der Waals surface area contributed by atoms with E-state index in [1.807, 2.05) is 59.3 Å². The van der Waals surface area contributed by atoms with Crippen LogP contribution in [0.5, 0.6) is 11.6 Å². The number of fused-ring (bicyclic) bond motifs is 4. The smallest absolute Gasteiger partial charge is 0.262 e. The average molecular weight is 727 g/mol. The zero-order chi connectivity index (χ0) is 36.6. The van der Waals surface area contributed by atoms with Gasteiger partial charge in [-0.3, -0.25) is 38.7 Å². The molecule has 5 aliphatic rings. The van der Waals surface area contributed by atoms with Gasteiger partial charge in [0.05, 0.1) is 27.9 Å². The Balaban J connectivity index is 0.635. The van der Waals surface area contributed by atoms with E-state index in [1.165, 1.54) is 0 Å². The number of ether oxygens (including phenoxy) is 2. The molecule has 5 aromatic rings. The number of nitrogens with zero attached hydrogens (tertiary/aromatic N) is 7. The van der Waals surface area contributed by atoms with E-state index in [4.69, 9.17) is 14.5 Å². The molecule has 0 radical (unpaired) electrons. The Morgan fingerprint density at radius 2 is 1.69 bits per heavy atom. The first-order valence-electron chi connectivity index (χ1n) is 18.6. The van der Waals surface area contributed by atoms with Crippen LogP contribution in [0, 0.1) is 11.3 Å². The van der Waals surface area contributed by atoms with E-state index >= 15 is 0 Å². The monoisotopic (exact) mass is 726 g/mol. The van der Waals surface area contributed by atoms with Crippen LogP contribution < -0.4 is 14.8 Å². The largest absolute Gasteiger partial charge is 0.492 e. The molecule has 1 spiro atoms. The number of imide groups is 2. The molecule has 1 atom stereocenters. The molecule has 1 aliphatic carbocycles. The van der Waals surface area contributed by atoms with Gasteiger partial charge in [-0.15, -0.1) is 0 Å². The van der Waals surface area contributed by atoms with Crippen LogP contribution in [0.1, 0.15) is 46.4 Å². The third kappa shape index (κ3) is 5.76. The van der Waals surface area contributed by atoms with Gasteiger partial charge in [0.1, 0.15) is 24.5 Å². The van der Waals surface area contributed by atoms with E-state index in [9.17, 15) is 19.2 Å². The number of piperidine rings is 1. The predicted octanol–water partition coefficient (Wildman–Crippen LogP) is 3.20. The Labute approximate surface area is 310 Å². The number of likely N-dealkylation sites (tertiary alicyclic amines) is 2. The Bertz CT molecular complexity index is 2340. The topological polar surface area (TPSA) is 152 Å². The molecular formula is C40H38N8O6. The lowest BCUT2D eigenvalue weighted by Crippen LogP contribution is -2.72. The van der Waals surface area contributed by atoms with Gasteiger partial charge in [0.2, 0.25) is 23.5 Å². The third-order valence-corrected chi connectivity index (χ3v) is 11.5.